The number of carbonyl (C=O) groups is 2. The number of rotatable bonds is 11. The normalized spacial score (nSPS) is 12.0. The summed E-state index contributed by atoms with van der Waals surface area (Å²) < 4.78 is 28.7. The molecule has 0 heterocycles. The van der Waals surface area contributed by atoms with Gasteiger partial charge in [-0.05, 0) is 75.1 Å². The van der Waals surface area contributed by atoms with E-state index < -0.39 is 28.5 Å². The van der Waals surface area contributed by atoms with Crippen molar-refractivity contribution in [1.29, 1.82) is 0 Å². The molecule has 196 valence electrons. The Morgan fingerprint density at radius 1 is 0.892 bits per heavy atom. The van der Waals surface area contributed by atoms with Crippen LogP contribution in [0.2, 0.25) is 0 Å². The summed E-state index contributed by atoms with van der Waals surface area (Å²) in [7, 11) is -4.05. The molecule has 3 aromatic carbocycles. The Morgan fingerprint density at radius 2 is 1.46 bits per heavy atom. The summed E-state index contributed by atoms with van der Waals surface area (Å²) in [4.78, 5) is 28.1. The van der Waals surface area contributed by atoms with Crippen molar-refractivity contribution in [3.05, 3.63) is 95.6 Å². The van der Waals surface area contributed by atoms with Gasteiger partial charge in [0.15, 0.2) is 0 Å². The molecule has 1 N–H and O–H groups in total. The second-order valence-corrected chi connectivity index (χ2v) is 10.9. The number of likely N-dealkylation sites (N-methyl/N-ethyl adjacent to an activating group) is 1. The fraction of sp³-hybridized carbons (Fsp3) is 0.310. The van der Waals surface area contributed by atoms with E-state index in [4.69, 9.17) is 0 Å². The van der Waals surface area contributed by atoms with Crippen LogP contribution >= 0.6 is 0 Å². The summed E-state index contributed by atoms with van der Waals surface area (Å²) in [6.45, 7) is 7.52. The van der Waals surface area contributed by atoms with Crippen LogP contribution in [0, 0.1) is 13.8 Å². The first-order chi connectivity index (χ1) is 17.6. The molecule has 8 heteroatoms. The van der Waals surface area contributed by atoms with Gasteiger partial charge >= 0.3 is 0 Å². The number of aryl methyl sites for hydroxylation is 2. The second kappa shape index (κ2) is 12.5. The molecular formula is C29H35N3O4S. The molecule has 0 fully saturated rings. The van der Waals surface area contributed by atoms with Crippen LogP contribution in [0.25, 0.3) is 0 Å². The van der Waals surface area contributed by atoms with Gasteiger partial charge in [0.2, 0.25) is 11.8 Å². The topological polar surface area (TPSA) is 86.8 Å². The highest BCUT2D eigenvalue weighted by atomic mass is 32.2. The fourth-order valence-electron chi connectivity index (χ4n) is 4.24. The van der Waals surface area contributed by atoms with Crippen molar-refractivity contribution in [3.8, 4) is 0 Å². The Labute approximate surface area is 220 Å². The minimum Gasteiger partial charge on any atom is -0.355 e. The maximum atomic E-state index is 13.8. The van der Waals surface area contributed by atoms with Crippen molar-refractivity contribution < 1.29 is 18.0 Å². The van der Waals surface area contributed by atoms with E-state index >= 15 is 0 Å². The predicted octanol–water partition coefficient (Wildman–Crippen LogP) is 4.09. The van der Waals surface area contributed by atoms with E-state index in [0.29, 0.717) is 18.7 Å². The summed E-state index contributed by atoms with van der Waals surface area (Å²) in [5, 5.41) is 2.77. The van der Waals surface area contributed by atoms with E-state index in [1.807, 2.05) is 57.2 Å². The molecule has 0 saturated carbocycles. The zero-order valence-electron chi connectivity index (χ0n) is 21.8. The molecule has 2 amide bonds. The lowest BCUT2D eigenvalue weighted by atomic mass is 10.1. The Hall–Kier alpha value is -3.65. The summed E-state index contributed by atoms with van der Waals surface area (Å²) >= 11 is 0. The first-order valence-corrected chi connectivity index (χ1v) is 13.8. The van der Waals surface area contributed by atoms with Gasteiger partial charge in [-0.1, -0.05) is 54.6 Å². The van der Waals surface area contributed by atoms with Crippen LogP contribution in [0.4, 0.5) is 5.69 Å². The van der Waals surface area contributed by atoms with Gasteiger partial charge in [0.25, 0.3) is 10.0 Å². The minimum absolute atomic E-state index is 0.0922. The quantitative estimate of drug-likeness (QED) is 0.412. The third-order valence-corrected chi connectivity index (χ3v) is 7.90. The fourth-order valence-corrected chi connectivity index (χ4v) is 5.65. The van der Waals surface area contributed by atoms with Crippen LogP contribution in [0.3, 0.4) is 0 Å². The van der Waals surface area contributed by atoms with Crippen LogP contribution < -0.4 is 9.62 Å². The zero-order valence-corrected chi connectivity index (χ0v) is 22.7. The minimum atomic E-state index is -4.05. The highest BCUT2D eigenvalue weighted by Crippen LogP contribution is 2.26. The van der Waals surface area contributed by atoms with Crippen molar-refractivity contribution in [2.24, 2.45) is 0 Å². The Morgan fingerprint density at radius 3 is 2.03 bits per heavy atom. The molecular weight excluding hydrogens is 486 g/mol. The lowest BCUT2D eigenvalue weighted by molar-refractivity contribution is -0.138. The molecule has 0 saturated heterocycles. The number of amides is 2. The Bertz CT molecular complexity index is 1290. The molecule has 0 spiro atoms. The van der Waals surface area contributed by atoms with Gasteiger partial charge in [-0.25, -0.2) is 8.42 Å². The van der Waals surface area contributed by atoms with Crippen LogP contribution in [0.5, 0.6) is 0 Å². The molecule has 37 heavy (non-hydrogen) atoms. The van der Waals surface area contributed by atoms with Crippen LogP contribution in [0.15, 0.2) is 83.8 Å². The SMILES string of the molecule is CCNC(=O)[C@H](C)N(CCc1ccccc1)C(=O)CN(c1cc(C)cc(C)c1)S(=O)(=O)c1ccccc1. The molecule has 0 aliphatic rings. The lowest BCUT2D eigenvalue weighted by Gasteiger charge is -2.32. The average Bonchev–Trinajstić information content (AvgIpc) is 2.87. The number of carbonyl (C=O) groups excluding carboxylic acids is 2. The molecule has 3 aromatic rings. The number of anilines is 1. The number of nitrogens with one attached hydrogen (secondary N) is 1. The standard InChI is InChI=1S/C29H35N3O4S/c1-5-30-29(34)24(4)31(17-16-25-12-8-6-9-13-25)28(33)21-32(26-19-22(2)18-23(3)20-26)37(35,36)27-14-10-7-11-15-27/h6-15,18-20,24H,5,16-17,21H2,1-4H3,(H,30,34)/t24-/m0/s1. The van der Waals surface area contributed by atoms with Crippen LogP contribution in [-0.2, 0) is 26.0 Å². The van der Waals surface area contributed by atoms with Crippen LogP contribution in [-0.4, -0.2) is 50.8 Å². The van der Waals surface area contributed by atoms with Gasteiger partial charge in [-0.15, -0.1) is 0 Å². The molecule has 0 unspecified atom stereocenters. The maximum absolute atomic E-state index is 13.8. The predicted molar refractivity (Wildman–Crippen MR) is 147 cm³/mol. The summed E-state index contributed by atoms with van der Waals surface area (Å²) in [6.07, 6.45) is 0.533. The highest BCUT2D eigenvalue weighted by molar-refractivity contribution is 7.92. The first-order valence-electron chi connectivity index (χ1n) is 12.4. The van der Waals surface area contributed by atoms with Gasteiger partial charge in [0, 0.05) is 13.1 Å². The molecule has 0 bridgehead atoms. The zero-order chi connectivity index (χ0) is 27.0. The van der Waals surface area contributed by atoms with Gasteiger partial charge in [0.05, 0.1) is 10.6 Å². The summed E-state index contributed by atoms with van der Waals surface area (Å²) in [6, 6.07) is 22.4. The van der Waals surface area contributed by atoms with E-state index in [0.717, 1.165) is 21.0 Å². The van der Waals surface area contributed by atoms with Crippen molar-refractivity contribution in [2.75, 3.05) is 23.9 Å². The third kappa shape index (κ3) is 7.20. The number of sulfonamides is 1. The molecule has 3 rings (SSSR count). The Kier molecular flexibility index (Phi) is 9.47. The van der Waals surface area contributed by atoms with Crippen molar-refractivity contribution in [3.63, 3.8) is 0 Å². The highest BCUT2D eigenvalue weighted by Gasteiger charge is 2.32. The first kappa shape index (κ1) is 27.9. The van der Waals surface area contributed by atoms with E-state index in [1.54, 1.807) is 37.3 Å². The number of hydrogen-bond acceptors (Lipinski definition) is 4. The van der Waals surface area contributed by atoms with E-state index in [9.17, 15) is 18.0 Å². The molecule has 7 nitrogen and oxygen atoms in total. The largest absolute Gasteiger partial charge is 0.355 e. The number of hydrogen-bond donors (Lipinski definition) is 1. The average molecular weight is 522 g/mol. The van der Waals surface area contributed by atoms with E-state index in [2.05, 4.69) is 5.32 Å². The van der Waals surface area contributed by atoms with Gasteiger partial charge in [-0.2, -0.15) is 0 Å². The smallest absolute Gasteiger partial charge is 0.264 e. The van der Waals surface area contributed by atoms with Gasteiger partial charge in [0.1, 0.15) is 12.6 Å². The van der Waals surface area contributed by atoms with E-state index in [-0.39, 0.29) is 17.3 Å². The lowest BCUT2D eigenvalue weighted by Crippen LogP contribution is -2.52. The Balaban J connectivity index is 1.99. The number of benzene rings is 3. The van der Waals surface area contributed by atoms with Crippen molar-refractivity contribution in [1.82, 2.24) is 10.2 Å². The number of nitrogens with zero attached hydrogens (tertiary/aromatic N) is 2. The summed E-state index contributed by atoms with van der Waals surface area (Å²) in [5.74, 6) is -0.735. The third-order valence-electron chi connectivity index (χ3n) is 6.11. The summed E-state index contributed by atoms with van der Waals surface area (Å²) in [5.41, 5.74) is 3.19. The molecule has 0 aliphatic carbocycles. The molecule has 0 radical (unpaired) electrons. The van der Waals surface area contributed by atoms with Crippen LogP contribution in [0.1, 0.15) is 30.5 Å². The van der Waals surface area contributed by atoms with Crippen molar-refractivity contribution >= 4 is 27.5 Å². The molecule has 0 aliphatic heterocycles. The van der Waals surface area contributed by atoms with E-state index in [1.165, 1.54) is 17.0 Å². The van der Waals surface area contributed by atoms with Crippen molar-refractivity contribution in [2.45, 2.75) is 45.1 Å². The second-order valence-electron chi connectivity index (χ2n) is 9.06. The van der Waals surface area contributed by atoms with Gasteiger partial charge in [-0.3, -0.25) is 13.9 Å². The molecule has 1 atom stereocenters. The van der Waals surface area contributed by atoms with Gasteiger partial charge < -0.3 is 10.2 Å². The monoisotopic (exact) mass is 521 g/mol. The maximum Gasteiger partial charge on any atom is 0.264 e. The molecule has 0 aromatic heterocycles.